The monoisotopic (exact) mass is 461 g/mol. The van der Waals surface area contributed by atoms with Gasteiger partial charge in [-0.15, -0.1) is 5.10 Å². The van der Waals surface area contributed by atoms with Gasteiger partial charge in [-0.2, -0.15) is 0 Å². The molecule has 1 atom stereocenters. The van der Waals surface area contributed by atoms with Crippen LogP contribution >= 0.6 is 0 Å². The van der Waals surface area contributed by atoms with Crippen LogP contribution in [0.25, 0.3) is 11.1 Å². The van der Waals surface area contributed by atoms with Crippen LogP contribution in [0.15, 0.2) is 54.7 Å². The number of likely N-dealkylation sites (tertiary alicyclic amines) is 2. The van der Waals surface area contributed by atoms with Gasteiger partial charge in [-0.25, -0.2) is 4.39 Å². The fourth-order valence-corrected chi connectivity index (χ4v) is 4.90. The molecule has 2 saturated heterocycles. The Labute approximate surface area is 198 Å². The zero-order chi connectivity index (χ0) is 23.5. The number of carbonyl (C=O) groups is 2. The SMILES string of the molecule is O=C(c1ccc(-c2ccccc2F)cc1)N1CCCC(Cn2cc(C(=O)N3CCCC3)nn2)C1. The third-order valence-electron chi connectivity index (χ3n) is 6.72. The van der Waals surface area contributed by atoms with E-state index in [1.165, 1.54) is 6.07 Å². The molecule has 2 fully saturated rings. The number of halogens is 1. The van der Waals surface area contributed by atoms with Crippen molar-refractivity contribution in [2.45, 2.75) is 32.2 Å². The molecule has 176 valence electrons. The minimum atomic E-state index is -0.279. The van der Waals surface area contributed by atoms with Crippen molar-refractivity contribution in [2.24, 2.45) is 5.92 Å². The maximum atomic E-state index is 14.1. The number of piperidine rings is 1. The molecule has 2 amide bonds. The molecule has 0 radical (unpaired) electrons. The molecule has 0 aliphatic carbocycles. The van der Waals surface area contributed by atoms with Crippen LogP contribution in [-0.2, 0) is 6.54 Å². The maximum Gasteiger partial charge on any atom is 0.276 e. The van der Waals surface area contributed by atoms with Gasteiger partial charge in [-0.3, -0.25) is 14.3 Å². The number of aromatic nitrogens is 3. The minimum absolute atomic E-state index is 0.0201. The highest BCUT2D eigenvalue weighted by Gasteiger charge is 2.26. The zero-order valence-corrected chi connectivity index (χ0v) is 19.1. The Morgan fingerprint density at radius 3 is 2.41 bits per heavy atom. The highest BCUT2D eigenvalue weighted by molar-refractivity contribution is 5.95. The average molecular weight is 462 g/mol. The van der Waals surface area contributed by atoms with Crippen LogP contribution in [0.3, 0.4) is 0 Å². The van der Waals surface area contributed by atoms with Gasteiger partial charge < -0.3 is 9.80 Å². The molecular weight excluding hydrogens is 433 g/mol. The van der Waals surface area contributed by atoms with Crippen molar-refractivity contribution >= 4 is 11.8 Å². The van der Waals surface area contributed by atoms with Crippen molar-refractivity contribution in [3.8, 4) is 11.1 Å². The van der Waals surface area contributed by atoms with Crippen LogP contribution in [-0.4, -0.2) is 62.8 Å². The van der Waals surface area contributed by atoms with E-state index in [1.54, 1.807) is 53.3 Å². The predicted molar refractivity (Wildman–Crippen MR) is 126 cm³/mol. The fraction of sp³-hybridized carbons (Fsp3) is 0.385. The smallest absolute Gasteiger partial charge is 0.276 e. The van der Waals surface area contributed by atoms with E-state index in [1.807, 2.05) is 9.80 Å². The lowest BCUT2D eigenvalue weighted by Crippen LogP contribution is -2.41. The predicted octanol–water partition coefficient (Wildman–Crippen LogP) is 3.87. The van der Waals surface area contributed by atoms with Gasteiger partial charge in [-0.05, 0) is 55.4 Å². The average Bonchev–Trinajstić information content (AvgIpc) is 3.57. The fourth-order valence-electron chi connectivity index (χ4n) is 4.90. The van der Waals surface area contributed by atoms with Gasteiger partial charge >= 0.3 is 0 Å². The second-order valence-electron chi connectivity index (χ2n) is 9.14. The van der Waals surface area contributed by atoms with Gasteiger partial charge in [0.05, 0.1) is 6.20 Å². The first-order valence-electron chi connectivity index (χ1n) is 11.9. The van der Waals surface area contributed by atoms with E-state index in [2.05, 4.69) is 10.3 Å². The Balaban J connectivity index is 1.21. The normalized spacial score (nSPS) is 18.3. The van der Waals surface area contributed by atoms with Crippen molar-refractivity contribution < 1.29 is 14.0 Å². The molecule has 2 aliphatic heterocycles. The van der Waals surface area contributed by atoms with Crippen LogP contribution in [0.5, 0.6) is 0 Å². The Kier molecular flexibility index (Phi) is 6.38. The first-order chi connectivity index (χ1) is 16.6. The summed E-state index contributed by atoms with van der Waals surface area (Å²) in [5, 5.41) is 8.24. The van der Waals surface area contributed by atoms with E-state index in [9.17, 15) is 14.0 Å². The first kappa shape index (κ1) is 22.3. The van der Waals surface area contributed by atoms with Crippen LogP contribution in [0.2, 0.25) is 0 Å². The van der Waals surface area contributed by atoms with E-state index in [-0.39, 0.29) is 23.5 Å². The van der Waals surface area contributed by atoms with Gasteiger partial charge in [0.2, 0.25) is 0 Å². The molecule has 7 nitrogen and oxygen atoms in total. The summed E-state index contributed by atoms with van der Waals surface area (Å²) >= 11 is 0. The number of rotatable bonds is 5. The first-order valence-corrected chi connectivity index (χ1v) is 11.9. The molecule has 2 aliphatic rings. The van der Waals surface area contributed by atoms with Crippen LogP contribution < -0.4 is 0 Å². The Bertz CT molecular complexity index is 1170. The second kappa shape index (κ2) is 9.75. The number of nitrogens with zero attached hydrogens (tertiary/aromatic N) is 5. The molecular formula is C26H28FN5O2. The molecule has 1 unspecified atom stereocenters. The number of carbonyl (C=O) groups excluding carboxylic acids is 2. The van der Waals surface area contributed by atoms with Gasteiger partial charge in [0.1, 0.15) is 5.82 Å². The summed E-state index contributed by atoms with van der Waals surface area (Å²) < 4.78 is 15.8. The quantitative estimate of drug-likeness (QED) is 0.578. The summed E-state index contributed by atoms with van der Waals surface area (Å²) in [4.78, 5) is 29.3. The van der Waals surface area contributed by atoms with E-state index in [0.29, 0.717) is 36.5 Å². The standard InChI is InChI=1S/C26H28FN5O2/c27-23-8-2-1-7-22(23)20-9-11-21(12-10-20)25(33)31-15-5-6-19(16-31)17-32-18-24(28-29-32)26(34)30-13-3-4-14-30/h1-2,7-12,18-19H,3-6,13-17H2. The zero-order valence-electron chi connectivity index (χ0n) is 19.1. The van der Waals surface area contributed by atoms with E-state index < -0.39 is 0 Å². The molecule has 3 heterocycles. The van der Waals surface area contributed by atoms with Crippen molar-refractivity contribution in [1.82, 2.24) is 24.8 Å². The number of amides is 2. The van der Waals surface area contributed by atoms with E-state index >= 15 is 0 Å². The third-order valence-corrected chi connectivity index (χ3v) is 6.72. The van der Waals surface area contributed by atoms with E-state index in [4.69, 9.17) is 0 Å². The van der Waals surface area contributed by atoms with Crippen molar-refractivity contribution in [2.75, 3.05) is 26.2 Å². The molecule has 0 saturated carbocycles. The van der Waals surface area contributed by atoms with Crippen LogP contribution in [0.4, 0.5) is 4.39 Å². The molecule has 34 heavy (non-hydrogen) atoms. The van der Waals surface area contributed by atoms with Crippen molar-refractivity contribution in [1.29, 1.82) is 0 Å². The highest BCUT2D eigenvalue weighted by Crippen LogP contribution is 2.25. The lowest BCUT2D eigenvalue weighted by molar-refractivity contribution is 0.0659. The van der Waals surface area contributed by atoms with Crippen LogP contribution in [0, 0.1) is 11.7 Å². The molecule has 5 rings (SSSR count). The summed E-state index contributed by atoms with van der Waals surface area (Å²) in [5.74, 6) is -0.109. The molecule has 8 heteroatoms. The Hall–Kier alpha value is -3.55. The summed E-state index contributed by atoms with van der Waals surface area (Å²) in [6.45, 7) is 3.53. The van der Waals surface area contributed by atoms with Gasteiger partial charge in [0, 0.05) is 43.9 Å². The molecule has 0 N–H and O–H groups in total. The summed E-state index contributed by atoms with van der Waals surface area (Å²) in [5.41, 5.74) is 2.26. The van der Waals surface area contributed by atoms with E-state index in [0.717, 1.165) is 44.3 Å². The largest absolute Gasteiger partial charge is 0.338 e. The topological polar surface area (TPSA) is 71.3 Å². The summed E-state index contributed by atoms with van der Waals surface area (Å²) in [6, 6.07) is 13.7. The molecule has 0 bridgehead atoms. The molecule has 2 aromatic carbocycles. The molecule has 1 aromatic heterocycles. The van der Waals surface area contributed by atoms with Gasteiger partial charge in [-0.1, -0.05) is 35.5 Å². The maximum absolute atomic E-state index is 14.1. The molecule has 0 spiro atoms. The Morgan fingerprint density at radius 2 is 1.65 bits per heavy atom. The summed E-state index contributed by atoms with van der Waals surface area (Å²) in [7, 11) is 0. The lowest BCUT2D eigenvalue weighted by Gasteiger charge is -2.32. The van der Waals surface area contributed by atoms with Crippen molar-refractivity contribution in [3.05, 3.63) is 71.8 Å². The summed E-state index contributed by atoms with van der Waals surface area (Å²) in [6.07, 6.45) is 5.71. The van der Waals surface area contributed by atoms with Crippen LogP contribution in [0.1, 0.15) is 46.5 Å². The number of hydrogen-bond acceptors (Lipinski definition) is 4. The third kappa shape index (κ3) is 4.71. The number of hydrogen-bond donors (Lipinski definition) is 0. The highest BCUT2D eigenvalue weighted by atomic mass is 19.1. The van der Waals surface area contributed by atoms with Gasteiger partial charge in [0.25, 0.3) is 11.8 Å². The van der Waals surface area contributed by atoms with Crippen molar-refractivity contribution in [3.63, 3.8) is 0 Å². The second-order valence-corrected chi connectivity index (χ2v) is 9.14. The number of benzene rings is 2. The Morgan fingerprint density at radius 1 is 0.912 bits per heavy atom. The molecule has 3 aromatic rings. The minimum Gasteiger partial charge on any atom is -0.338 e. The van der Waals surface area contributed by atoms with Gasteiger partial charge in [0.15, 0.2) is 5.69 Å². The lowest BCUT2D eigenvalue weighted by atomic mass is 9.97.